The number of rotatable bonds is 9. The van der Waals surface area contributed by atoms with Crippen molar-refractivity contribution in [1.82, 2.24) is 10.6 Å². The van der Waals surface area contributed by atoms with E-state index in [1.54, 1.807) is 12.1 Å². The van der Waals surface area contributed by atoms with Crippen LogP contribution >= 0.6 is 11.8 Å². The maximum Gasteiger partial charge on any atom is 0.191 e. The molecule has 0 aliphatic rings. The van der Waals surface area contributed by atoms with Crippen LogP contribution in [0, 0.1) is 0 Å². The molecule has 152 valence electrons. The average Bonchev–Trinajstić information content (AvgIpc) is 2.66. The first-order valence-corrected chi connectivity index (χ1v) is 12.2. The first-order chi connectivity index (χ1) is 13.4. The number of aliphatic imine (C=N–C) groups is 1. The van der Waals surface area contributed by atoms with E-state index in [0.717, 1.165) is 37.6 Å². The molecule has 0 saturated heterocycles. The zero-order chi connectivity index (χ0) is 20.4. The topological polar surface area (TPSA) is 70.6 Å². The molecule has 0 aliphatic carbocycles. The van der Waals surface area contributed by atoms with E-state index in [0.29, 0.717) is 10.1 Å². The van der Waals surface area contributed by atoms with Crippen molar-refractivity contribution >= 4 is 27.6 Å². The minimum atomic E-state index is -3.15. The van der Waals surface area contributed by atoms with E-state index in [9.17, 15) is 8.42 Å². The summed E-state index contributed by atoms with van der Waals surface area (Å²) in [5.41, 5.74) is 1.09. The standard InChI is InChI=1S/C21H29N3O2S2/c1-4-22-21(24-16-17(2)27-19-8-6-5-7-9-19)23-15-14-18-10-12-20(13-11-18)28(3,25)26/h5-13,17H,4,14-16H2,1-3H3,(H2,22,23,24). The van der Waals surface area contributed by atoms with Crippen molar-refractivity contribution < 1.29 is 8.42 Å². The van der Waals surface area contributed by atoms with Crippen LogP contribution < -0.4 is 10.6 Å². The summed E-state index contributed by atoms with van der Waals surface area (Å²) in [5, 5.41) is 6.99. The van der Waals surface area contributed by atoms with E-state index in [-0.39, 0.29) is 0 Å². The Hall–Kier alpha value is -1.99. The SMILES string of the molecule is CCNC(=NCC(C)Sc1ccccc1)NCCc1ccc(S(C)(=O)=O)cc1. The normalized spacial score (nSPS) is 13.2. The zero-order valence-corrected chi connectivity index (χ0v) is 18.3. The molecule has 1 atom stereocenters. The molecular weight excluding hydrogens is 390 g/mol. The molecule has 0 radical (unpaired) electrons. The van der Waals surface area contributed by atoms with E-state index in [4.69, 9.17) is 0 Å². The molecule has 2 rings (SSSR count). The molecule has 5 nitrogen and oxygen atoms in total. The molecule has 0 spiro atoms. The molecule has 28 heavy (non-hydrogen) atoms. The molecule has 1 unspecified atom stereocenters. The molecule has 0 fully saturated rings. The number of benzene rings is 2. The molecule has 0 bridgehead atoms. The molecule has 0 aliphatic heterocycles. The van der Waals surface area contributed by atoms with Gasteiger partial charge in [0.05, 0.1) is 11.4 Å². The van der Waals surface area contributed by atoms with Crippen molar-refractivity contribution in [2.24, 2.45) is 4.99 Å². The predicted octanol–water partition coefficient (Wildman–Crippen LogP) is 3.37. The van der Waals surface area contributed by atoms with Crippen LogP contribution in [-0.2, 0) is 16.3 Å². The van der Waals surface area contributed by atoms with Gasteiger partial charge in [-0.05, 0) is 43.2 Å². The van der Waals surface area contributed by atoms with Crippen LogP contribution in [0.3, 0.4) is 0 Å². The number of nitrogens with one attached hydrogen (secondary N) is 2. The maximum atomic E-state index is 11.5. The van der Waals surface area contributed by atoms with Crippen LogP contribution in [0.25, 0.3) is 0 Å². The Morgan fingerprint density at radius 2 is 1.75 bits per heavy atom. The Labute approximate surface area is 173 Å². The Morgan fingerprint density at radius 3 is 2.36 bits per heavy atom. The van der Waals surface area contributed by atoms with Crippen molar-refractivity contribution in [3.05, 3.63) is 60.2 Å². The summed E-state index contributed by atoms with van der Waals surface area (Å²) in [7, 11) is -3.15. The number of hydrogen-bond acceptors (Lipinski definition) is 4. The third-order valence-electron chi connectivity index (χ3n) is 3.99. The van der Waals surface area contributed by atoms with Gasteiger partial charge in [-0.25, -0.2) is 8.42 Å². The van der Waals surface area contributed by atoms with Crippen LogP contribution in [-0.4, -0.2) is 45.5 Å². The molecule has 2 N–H and O–H groups in total. The second-order valence-corrected chi connectivity index (χ2v) is 10.1. The molecule has 2 aromatic carbocycles. The van der Waals surface area contributed by atoms with Crippen LogP contribution in [0.1, 0.15) is 19.4 Å². The van der Waals surface area contributed by atoms with Crippen molar-refractivity contribution in [2.45, 2.75) is 35.3 Å². The van der Waals surface area contributed by atoms with Gasteiger partial charge >= 0.3 is 0 Å². The summed E-state index contributed by atoms with van der Waals surface area (Å²) in [4.78, 5) is 6.28. The highest BCUT2D eigenvalue weighted by Gasteiger charge is 2.07. The van der Waals surface area contributed by atoms with Crippen LogP contribution in [0.5, 0.6) is 0 Å². The van der Waals surface area contributed by atoms with Crippen molar-refractivity contribution in [1.29, 1.82) is 0 Å². The third-order valence-corrected chi connectivity index (χ3v) is 6.21. The van der Waals surface area contributed by atoms with Crippen LogP contribution in [0.2, 0.25) is 0 Å². The third kappa shape index (κ3) is 7.94. The first-order valence-electron chi connectivity index (χ1n) is 9.41. The van der Waals surface area contributed by atoms with E-state index >= 15 is 0 Å². The molecule has 7 heteroatoms. The zero-order valence-electron chi connectivity index (χ0n) is 16.7. The lowest BCUT2D eigenvalue weighted by molar-refractivity contribution is 0.602. The smallest absolute Gasteiger partial charge is 0.191 e. The molecular formula is C21H29N3O2S2. The number of nitrogens with zero attached hydrogens (tertiary/aromatic N) is 1. The quantitative estimate of drug-likeness (QED) is 0.370. The number of sulfone groups is 1. The highest BCUT2D eigenvalue weighted by atomic mass is 32.2. The largest absolute Gasteiger partial charge is 0.357 e. The fourth-order valence-electron chi connectivity index (χ4n) is 2.56. The number of hydrogen-bond donors (Lipinski definition) is 2. The summed E-state index contributed by atoms with van der Waals surface area (Å²) in [6.45, 7) is 6.47. The maximum absolute atomic E-state index is 11.5. The van der Waals surface area contributed by atoms with E-state index in [1.165, 1.54) is 11.2 Å². The van der Waals surface area contributed by atoms with Gasteiger partial charge in [-0.1, -0.05) is 37.3 Å². The molecule has 2 aromatic rings. The Balaban J connectivity index is 1.83. The van der Waals surface area contributed by atoms with Gasteiger partial charge in [-0.15, -0.1) is 11.8 Å². The highest BCUT2D eigenvalue weighted by Crippen LogP contribution is 2.22. The fourth-order valence-corrected chi connectivity index (χ4v) is 4.12. The lowest BCUT2D eigenvalue weighted by atomic mass is 10.1. The monoisotopic (exact) mass is 419 g/mol. The van der Waals surface area contributed by atoms with Gasteiger partial charge in [0.15, 0.2) is 15.8 Å². The van der Waals surface area contributed by atoms with Crippen molar-refractivity contribution in [3.63, 3.8) is 0 Å². The summed E-state index contributed by atoms with van der Waals surface area (Å²) in [6, 6.07) is 17.4. The Bertz CT molecular complexity index is 851. The molecule has 0 amide bonds. The van der Waals surface area contributed by atoms with Gasteiger partial charge in [0.1, 0.15) is 0 Å². The predicted molar refractivity (Wildman–Crippen MR) is 119 cm³/mol. The van der Waals surface area contributed by atoms with Gasteiger partial charge in [-0.3, -0.25) is 4.99 Å². The van der Waals surface area contributed by atoms with E-state index in [1.807, 2.05) is 49.0 Å². The van der Waals surface area contributed by atoms with Crippen molar-refractivity contribution in [2.75, 3.05) is 25.9 Å². The van der Waals surface area contributed by atoms with Crippen LogP contribution in [0.15, 0.2) is 69.4 Å². The Morgan fingerprint density at radius 1 is 1.07 bits per heavy atom. The van der Waals surface area contributed by atoms with Gasteiger partial charge in [0.25, 0.3) is 0 Å². The molecule has 0 aromatic heterocycles. The lowest BCUT2D eigenvalue weighted by Crippen LogP contribution is -2.38. The average molecular weight is 420 g/mol. The lowest BCUT2D eigenvalue weighted by Gasteiger charge is -2.13. The van der Waals surface area contributed by atoms with Gasteiger partial charge in [0, 0.05) is 29.5 Å². The second kappa shape index (κ2) is 11.1. The summed E-state index contributed by atoms with van der Waals surface area (Å²) in [6.07, 6.45) is 2.02. The minimum absolute atomic E-state index is 0.351. The van der Waals surface area contributed by atoms with Gasteiger partial charge in [-0.2, -0.15) is 0 Å². The fraction of sp³-hybridized carbons (Fsp3) is 0.381. The molecule has 0 heterocycles. The minimum Gasteiger partial charge on any atom is -0.357 e. The van der Waals surface area contributed by atoms with Crippen molar-refractivity contribution in [3.8, 4) is 0 Å². The number of guanidine groups is 1. The molecule has 0 saturated carbocycles. The summed E-state index contributed by atoms with van der Waals surface area (Å²) in [5.74, 6) is 0.802. The highest BCUT2D eigenvalue weighted by molar-refractivity contribution is 8.00. The first kappa shape index (κ1) is 22.3. The van der Waals surface area contributed by atoms with Gasteiger partial charge in [0.2, 0.25) is 0 Å². The Kier molecular flexibility index (Phi) is 8.86. The summed E-state index contributed by atoms with van der Waals surface area (Å²) >= 11 is 1.82. The second-order valence-electron chi connectivity index (χ2n) is 6.55. The summed E-state index contributed by atoms with van der Waals surface area (Å²) < 4.78 is 23.0. The number of thioether (sulfide) groups is 1. The van der Waals surface area contributed by atoms with Gasteiger partial charge < -0.3 is 10.6 Å². The van der Waals surface area contributed by atoms with E-state index in [2.05, 4.69) is 34.7 Å². The van der Waals surface area contributed by atoms with E-state index < -0.39 is 9.84 Å². The van der Waals surface area contributed by atoms with Crippen LogP contribution in [0.4, 0.5) is 0 Å².